The lowest BCUT2D eigenvalue weighted by atomic mass is 9.78. The first-order valence-corrected chi connectivity index (χ1v) is 7.15. The minimum Gasteiger partial charge on any atom is -0.496 e. The zero-order valence-corrected chi connectivity index (χ0v) is 12.3. The number of carbonyl (C=O) groups excluding carboxylic acids is 1. The standard InChI is InChI=1S/C15H16ClF3O2/c1-21-13-7-6-11(16)8-12(13)14(20)9-2-4-10(5-3-9)15(17,18)19/h6-10H,2-5H2,1H3. The second-order valence-corrected chi connectivity index (χ2v) is 5.74. The molecule has 1 aromatic rings. The predicted molar refractivity (Wildman–Crippen MR) is 73.8 cm³/mol. The summed E-state index contributed by atoms with van der Waals surface area (Å²) in [6, 6.07) is 4.72. The molecule has 1 aliphatic carbocycles. The SMILES string of the molecule is COc1ccc(Cl)cc1C(=O)C1CCC(C(F)(F)F)CC1. The highest BCUT2D eigenvalue weighted by Gasteiger charge is 2.42. The maximum absolute atomic E-state index is 12.6. The first-order chi connectivity index (χ1) is 9.82. The summed E-state index contributed by atoms with van der Waals surface area (Å²) in [4.78, 5) is 12.5. The van der Waals surface area contributed by atoms with Crippen LogP contribution in [0.3, 0.4) is 0 Å². The van der Waals surface area contributed by atoms with Crippen LogP contribution in [-0.4, -0.2) is 19.1 Å². The number of benzene rings is 1. The van der Waals surface area contributed by atoms with E-state index in [9.17, 15) is 18.0 Å². The lowest BCUT2D eigenvalue weighted by Gasteiger charge is -2.29. The predicted octanol–water partition coefficient (Wildman–Crippen LogP) is 4.90. The van der Waals surface area contributed by atoms with Gasteiger partial charge in [0.05, 0.1) is 18.6 Å². The van der Waals surface area contributed by atoms with E-state index in [2.05, 4.69) is 0 Å². The van der Waals surface area contributed by atoms with E-state index in [1.54, 1.807) is 12.1 Å². The Hall–Kier alpha value is -1.23. The number of Topliss-reactive ketones (excluding diaryl/α,β-unsaturated/α-hetero) is 1. The van der Waals surface area contributed by atoms with Crippen LogP contribution in [0.1, 0.15) is 36.0 Å². The number of hydrogen-bond donors (Lipinski definition) is 0. The van der Waals surface area contributed by atoms with Gasteiger partial charge in [0.25, 0.3) is 0 Å². The molecule has 116 valence electrons. The van der Waals surface area contributed by atoms with Gasteiger partial charge < -0.3 is 4.74 Å². The number of methoxy groups -OCH3 is 1. The molecule has 21 heavy (non-hydrogen) atoms. The molecule has 0 radical (unpaired) electrons. The molecule has 0 unspecified atom stereocenters. The summed E-state index contributed by atoms with van der Waals surface area (Å²) in [5.41, 5.74) is 0.348. The molecule has 0 aromatic heterocycles. The van der Waals surface area contributed by atoms with Crippen LogP contribution in [0.2, 0.25) is 5.02 Å². The summed E-state index contributed by atoms with van der Waals surface area (Å²) in [6.45, 7) is 0. The molecular formula is C15H16ClF3O2. The lowest BCUT2D eigenvalue weighted by molar-refractivity contribution is -0.183. The third-order valence-corrected chi connectivity index (χ3v) is 4.22. The third-order valence-electron chi connectivity index (χ3n) is 3.99. The van der Waals surface area contributed by atoms with Gasteiger partial charge in [0.1, 0.15) is 5.75 Å². The van der Waals surface area contributed by atoms with E-state index in [0.717, 1.165) is 0 Å². The first kappa shape index (κ1) is 16.1. The molecule has 1 saturated carbocycles. The van der Waals surface area contributed by atoms with Crippen LogP contribution in [0.4, 0.5) is 13.2 Å². The van der Waals surface area contributed by atoms with Crippen molar-refractivity contribution in [2.45, 2.75) is 31.9 Å². The van der Waals surface area contributed by atoms with E-state index >= 15 is 0 Å². The molecule has 0 amide bonds. The smallest absolute Gasteiger partial charge is 0.391 e. The number of carbonyl (C=O) groups is 1. The zero-order chi connectivity index (χ0) is 15.6. The van der Waals surface area contributed by atoms with Gasteiger partial charge >= 0.3 is 6.18 Å². The van der Waals surface area contributed by atoms with Crippen molar-refractivity contribution in [3.05, 3.63) is 28.8 Å². The second-order valence-electron chi connectivity index (χ2n) is 5.30. The van der Waals surface area contributed by atoms with Crippen molar-refractivity contribution >= 4 is 17.4 Å². The Balaban J connectivity index is 2.11. The van der Waals surface area contributed by atoms with Crippen molar-refractivity contribution < 1.29 is 22.7 Å². The molecule has 6 heteroatoms. The molecule has 1 aliphatic rings. The highest BCUT2D eigenvalue weighted by atomic mass is 35.5. The second kappa shape index (κ2) is 6.26. The molecule has 0 bridgehead atoms. The molecule has 2 rings (SSSR count). The molecule has 0 saturated heterocycles. The van der Waals surface area contributed by atoms with E-state index < -0.39 is 18.0 Å². The quantitative estimate of drug-likeness (QED) is 0.740. The normalized spacial score (nSPS) is 22.9. The molecule has 1 fully saturated rings. The van der Waals surface area contributed by atoms with Gasteiger partial charge in [-0.15, -0.1) is 0 Å². The van der Waals surface area contributed by atoms with E-state index in [4.69, 9.17) is 16.3 Å². The van der Waals surface area contributed by atoms with Crippen LogP contribution >= 0.6 is 11.6 Å². The van der Waals surface area contributed by atoms with Crippen molar-refractivity contribution in [1.82, 2.24) is 0 Å². The minimum atomic E-state index is -4.16. The van der Waals surface area contributed by atoms with Gasteiger partial charge in [-0.1, -0.05) is 11.6 Å². The Morgan fingerprint density at radius 2 is 1.86 bits per heavy atom. The minimum absolute atomic E-state index is 0.00277. The maximum Gasteiger partial charge on any atom is 0.391 e. The number of rotatable bonds is 3. The molecule has 0 N–H and O–H groups in total. The van der Waals surface area contributed by atoms with Gasteiger partial charge in [-0.05, 0) is 43.9 Å². The maximum atomic E-state index is 12.6. The summed E-state index contributed by atoms with van der Waals surface area (Å²) in [5.74, 6) is -1.46. The Morgan fingerprint density at radius 3 is 2.38 bits per heavy atom. The van der Waals surface area contributed by atoms with Crippen LogP contribution in [0.25, 0.3) is 0 Å². The van der Waals surface area contributed by atoms with Crippen molar-refractivity contribution in [3.8, 4) is 5.75 Å². The summed E-state index contributed by atoms with van der Waals surface area (Å²) in [5, 5.41) is 0.406. The van der Waals surface area contributed by atoms with Crippen LogP contribution in [0.15, 0.2) is 18.2 Å². The first-order valence-electron chi connectivity index (χ1n) is 6.77. The summed E-state index contributed by atoms with van der Waals surface area (Å²) in [7, 11) is 1.45. The molecule has 1 aromatic carbocycles. The van der Waals surface area contributed by atoms with Gasteiger partial charge in [0, 0.05) is 10.9 Å². The molecule has 0 heterocycles. The highest BCUT2D eigenvalue weighted by Crippen LogP contribution is 2.41. The number of hydrogen-bond acceptors (Lipinski definition) is 2. The van der Waals surface area contributed by atoms with Gasteiger partial charge in [-0.2, -0.15) is 13.2 Å². The van der Waals surface area contributed by atoms with Crippen molar-refractivity contribution in [1.29, 1.82) is 0 Å². The lowest BCUT2D eigenvalue weighted by Crippen LogP contribution is -2.30. The Bertz CT molecular complexity index is 520. The van der Waals surface area contributed by atoms with Gasteiger partial charge in [0.2, 0.25) is 0 Å². The van der Waals surface area contributed by atoms with E-state index in [1.807, 2.05) is 0 Å². The van der Waals surface area contributed by atoms with E-state index in [-0.39, 0.29) is 31.5 Å². The summed E-state index contributed by atoms with van der Waals surface area (Å²) in [6.07, 6.45) is -3.66. The van der Waals surface area contributed by atoms with E-state index in [1.165, 1.54) is 13.2 Å². The monoisotopic (exact) mass is 320 g/mol. The number of halogens is 4. The fraction of sp³-hybridized carbons (Fsp3) is 0.533. The molecule has 0 spiro atoms. The van der Waals surface area contributed by atoms with Crippen molar-refractivity contribution in [3.63, 3.8) is 0 Å². The molecule has 2 nitrogen and oxygen atoms in total. The molecule has 0 atom stereocenters. The largest absolute Gasteiger partial charge is 0.496 e. The molecule has 0 aliphatic heterocycles. The number of alkyl halides is 3. The van der Waals surface area contributed by atoms with E-state index in [0.29, 0.717) is 16.3 Å². The van der Waals surface area contributed by atoms with Crippen molar-refractivity contribution in [2.24, 2.45) is 11.8 Å². The van der Waals surface area contributed by atoms with Crippen LogP contribution in [0.5, 0.6) is 5.75 Å². The fourth-order valence-corrected chi connectivity index (χ4v) is 2.95. The number of ether oxygens (including phenoxy) is 1. The molecular weight excluding hydrogens is 305 g/mol. The fourth-order valence-electron chi connectivity index (χ4n) is 2.78. The Kier molecular flexibility index (Phi) is 4.81. The van der Waals surface area contributed by atoms with Gasteiger partial charge in [-0.25, -0.2) is 0 Å². The summed E-state index contributed by atoms with van der Waals surface area (Å²) >= 11 is 5.88. The highest BCUT2D eigenvalue weighted by molar-refractivity contribution is 6.31. The zero-order valence-electron chi connectivity index (χ0n) is 11.5. The van der Waals surface area contributed by atoms with Gasteiger partial charge in [-0.3, -0.25) is 4.79 Å². The van der Waals surface area contributed by atoms with Gasteiger partial charge in [0.15, 0.2) is 5.78 Å². The van der Waals surface area contributed by atoms with Crippen molar-refractivity contribution in [2.75, 3.05) is 7.11 Å². The Morgan fingerprint density at radius 1 is 1.24 bits per heavy atom. The average Bonchev–Trinajstić information content (AvgIpc) is 2.45. The topological polar surface area (TPSA) is 26.3 Å². The van der Waals surface area contributed by atoms with Crippen LogP contribution in [-0.2, 0) is 0 Å². The average molecular weight is 321 g/mol. The Labute approximate surface area is 126 Å². The number of ketones is 1. The third kappa shape index (κ3) is 3.70. The van der Waals surface area contributed by atoms with Crippen LogP contribution < -0.4 is 4.74 Å². The summed E-state index contributed by atoms with van der Waals surface area (Å²) < 4.78 is 43.1. The van der Waals surface area contributed by atoms with Crippen LogP contribution in [0, 0.1) is 11.8 Å².